The molecule has 1 aliphatic rings. The van der Waals surface area contributed by atoms with E-state index in [1.54, 1.807) is 19.1 Å². The number of carboxylic acids is 1. The van der Waals surface area contributed by atoms with E-state index in [1.165, 1.54) is 0 Å². The molecule has 1 aromatic carbocycles. The summed E-state index contributed by atoms with van der Waals surface area (Å²) >= 11 is 0. The quantitative estimate of drug-likeness (QED) is 0.931. The molecule has 0 bridgehead atoms. The van der Waals surface area contributed by atoms with Gasteiger partial charge in [0.15, 0.2) is 14.6 Å². The fraction of sp³-hybridized carbons (Fsp3) is 0.562. The van der Waals surface area contributed by atoms with E-state index in [4.69, 9.17) is 0 Å². The summed E-state index contributed by atoms with van der Waals surface area (Å²) in [4.78, 5) is 12.0. The van der Waals surface area contributed by atoms with Crippen molar-refractivity contribution < 1.29 is 18.3 Å². The Labute approximate surface area is 126 Å². The maximum Gasteiger partial charge on any atom is 0.325 e. The summed E-state index contributed by atoms with van der Waals surface area (Å²) in [6, 6.07) is 5.17. The molecule has 0 amide bonds. The first-order valence-electron chi connectivity index (χ1n) is 7.26. The van der Waals surface area contributed by atoms with E-state index in [-0.39, 0.29) is 17.7 Å². The summed E-state index contributed by atoms with van der Waals surface area (Å²) in [5.41, 5.74) is 1.43. The van der Waals surface area contributed by atoms with Crippen molar-refractivity contribution in [3.8, 4) is 0 Å². The van der Waals surface area contributed by atoms with Crippen molar-refractivity contribution in [2.75, 3.05) is 0 Å². The van der Waals surface area contributed by atoms with E-state index in [0.29, 0.717) is 24.3 Å². The number of sulfone groups is 1. The Balaban J connectivity index is 2.59. The van der Waals surface area contributed by atoms with Crippen molar-refractivity contribution in [1.29, 1.82) is 0 Å². The molecule has 116 valence electrons. The van der Waals surface area contributed by atoms with E-state index < -0.39 is 20.6 Å². The highest BCUT2D eigenvalue weighted by atomic mass is 32.2. The minimum Gasteiger partial charge on any atom is -0.480 e. The van der Waals surface area contributed by atoms with Crippen LogP contribution in [0.3, 0.4) is 0 Å². The Hall–Kier alpha value is -1.36. The molecule has 1 N–H and O–H groups in total. The maximum absolute atomic E-state index is 13.0. The third kappa shape index (κ3) is 2.59. The predicted molar refractivity (Wildman–Crippen MR) is 81.1 cm³/mol. The van der Waals surface area contributed by atoms with Gasteiger partial charge < -0.3 is 5.11 Å². The van der Waals surface area contributed by atoms with Crippen LogP contribution < -0.4 is 0 Å². The molecule has 5 heteroatoms. The van der Waals surface area contributed by atoms with Crippen LogP contribution in [0.2, 0.25) is 0 Å². The van der Waals surface area contributed by atoms with Crippen molar-refractivity contribution in [2.45, 2.75) is 56.1 Å². The summed E-state index contributed by atoms with van der Waals surface area (Å²) in [6.07, 6.45) is 1.66. The van der Waals surface area contributed by atoms with Crippen molar-refractivity contribution in [3.63, 3.8) is 0 Å². The van der Waals surface area contributed by atoms with Gasteiger partial charge >= 0.3 is 5.97 Å². The lowest BCUT2D eigenvalue weighted by Gasteiger charge is -2.35. The highest BCUT2D eigenvalue weighted by Crippen LogP contribution is 2.42. The zero-order valence-corrected chi connectivity index (χ0v) is 13.5. The first-order chi connectivity index (χ1) is 9.70. The largest absolute Gasteiger partial charge is 0.480 e. The average Bonchev–Trinajstić information content (AvgIpc) is 2.41. The second-order valence-electron chi connectivity index (χ2n) is 6.25. The summed E-state index contributed by atoms with van der Waals surface area (Å²) in [5, 5.41) is 9.65. The van der Waals surface area contributed by atoms with Crippen molar-refractivity contribution in [2.24, 2.45) is 5.92 Å². The Morgan fingerprint density at radius 2 is 1.81 bits per heavy atom. The highest BCUT2D eigenvalue weighted by Gasteiger charge is 2.53. The van der Waals surface area contributed by atoms with Gasteiger partial charge in [0, 0.05) is 0 Å². The van der Waals surface area contributed by atoms with Gasteiger partial charge in [-0.1, -0.05) is 19.1 Å². The van der Waals surface area contributed by atoms with Crippen molar-refractivity contribution in [1.82, 2.24) is 0 Å². The van der Waals surface area contributed by atoms with Crippen LogP contribution in [0.1, 0.15) is 43.7 Å². The van der Waals surface area contributed by atoms with Crippen molar-refractivity contribution in [3.05, 3.63) is 29.3 Å². The molecule has 0 radical (unpaired) electrons. The SMILES string of the molecule is Cc1ccc(C)c(S(=O)(=O)C2(C(=O)O)CCC(C)CC2)c1. The van der Waals surface area contributed by atoms with E-state index in [1.807, 2.05) is 19.9 Å². The van der Waals surface area contributed by atoms with Crippen molar-refractivity contribution >= 4 is 15.8 Å². The third-order valence-corrected chi connectivity index (χ3v) is 7.25. The molecule has 1 saturated carbocycles. The lowest BCUT2D eigenvalue weighted by molar-refractivity contribution is -0.141. The molecule has 0 heterocycles. The number of hydrogen-bond acceptors (Lipinski definition) is 3. The van der Waals surface area contributed by atoms with Gasteiger partial charge in [-0.05, 0) is 62.6 Å². The van der Waals surface area contributed by atoms with E-state index in [9.17, 15) is 18.3 Å². The normalized spacial score (nSPS) is 26.5. The lowest BCUT2D eigenvalue weighted by atomic mass is 9.82. The van der Waals surface area contributed by atoms with Gasteiger partial charge in [0.25, 0.3) is 0 Å². The summed E-state index contributed by atoms with van der Waals surface area (Å²) in [5.74, 6) is -0.832. The summed E-state index contributed by atoms with van der Waals surface area (Å²) in [7, 11) is -3.90. The monoisotopic (exact) mass is 310 g/mol. The Bertz CT molecular complexity index is 653. The molecule has 0 unspecified atom stereocenters. The molecule has 2 rings (SSSR count). The van der Waals surface area contributed by atoms with Gasteiger partial charge in [0.2, 0.25) is 0 Å². The predicted octanol–water partition coefficient (Wildman–Crippen LogP) is 3.11. The van der Waals surface area contributed by atoms with Gasteiger partial charge in [-0.25, -0.2) is 8.42 Å². The summed E-state index contributed by atoms with van der Waals surface area (Å²) < 4.78 is 24.4. The number of carboxylic acid groups (broad SMARTS) is 1. The Morgan fingerprint density at radius 3 is 2.33 bits per heavy atom. The molecule has 21 heavy (non-hydrogen) atoms. The number of aliphatic carboxylic acids is 1. The zero-order valence-electron chi connectivity index (χ0n) is 12.7. The van der Waals surface area contributed by atoms with Gasteiger partial charge in [-0.2, -0.15) is 0 Å². The van der Waals surface area contributed by atoms with Gasteiger partial charge in [-0.3, -0.25) is 4.79 Å². The second-order valence-corrected chi connectivity index (χ2v) is 8.48. The number of rotatable bonds is 3. The Kier molecular flexibility index (Phi) is 4.15. The molecule has 0 spiro atoms. The van der Waals surface area contributed by atoms with Crippen LogP contribution in [0.5, 0.6) is 0 Å². The fourth-order valence-corrected chi connectivity index (χ4v) is 5.29. The lowest BCUT2D eigenvalue weighted by Crippen LogP contribution is -2.49. The van der Waals surface area contributed by atoms with Crippen LogP contribution in [-0.2, 0) is 14.6 Å². The highest BCUT2D eigenvalue weighted by molar-refractivity contribution is 7.93. The number of hydrogen-bond donors (Lipinski definition) is 1. The molecular formula is C16H22O4S. The topological polar surface area (TPSA) is 71.4 Å². The van der Waals surface area contributed by atoms with Crippen LogP contribution in [0, 0.1) is 19.8 Å². The zero-order chi connectivity index (χ0) is 15.8. The molecule has 0 aliphatic heterocycles. The molecule has 1 fully saturated rings. The standard InChI is InChI=1S/C16H22O4S/c1-11-6-8-16(9-7-11,15(17)18)21(19,20)14-10-12(2)4-5-13(14)3/h4-5,10-11H,6-9H2,1-3H3,(H,17,18). The first kappa shape index (κ1) is 16.0. The molecule has 1 aliphatic carbocycles. The molecule has 0 atom stereocenters. The molecule has 1 aromatic rings. The second kappa shape index (κ2) is 5.44. The average molecular weight is 310 g/mol. The van der Waals surface area contributed by atoms with E-state index in [0.717, 1.165) is 5.56 Å². The number of benzene rings is 1. The van der Waals surface area contributed by atoms with Crippen LogP contribution >= 0.6 is 0 Å². The van der Waals surface area contributed by atoms with E-state index >= 15 is 0 Å². The molecule has 4 nitrogen and oxygen atoms in total. The van der Waals surface area contributed by atoms with Gasteiger partial charge in [0.1, 0.15) is 0 Å². The van der Waals surface area contributed by atoms with Crippen LogP contribution in [0.15, 0.2) is 23.1 Å². The Morgan fingerprint density at radius 1 is 1.24 bits per heavy atom. The maximum atomic E-state index is 13.0. The minimum absolute atomic E-state index is 0.166. The smallest absolute Gasteiger partial charge is 0.325 e. The van der Waals surface area contributed by atoms with Crippen LogP contribution in [-0.4, -0.2) is 24.2 Å². The van der Waals surface area contributed by atoms with Crippen LogP contribution in [0.25, 0.3) is 0 Å². The van der Waals surface area contributed by atoms with Gasteiger partial charge in [0.05, 0.1) is 4.90 Å². The molecular weight excluding hydrogens is 288 g/mol. The first-order valence-corrected chi connectivity index (χ1v) is 8.74. The minimum atomic E-state index is -3.90. The van der Waals surface area contributed by atoms with Crippen LogP contribution in [0.4, 0.5) is 0 Å². The third-order valence-electron chi connectivity index (χ3n) is 4.62. The summed E-state index contributed by atoms with van der Waals surface area (Å²) in [6.45, 7) is 5.57. The molecule has 0 aromatic heterocycles. The van der Waals surface area contributed by atoms with Gasteiger partial charge in [-0.15, -0.1) is 0 Å². The number of carbonyl (C=O) groups is 1. The van der Waals surface area contributed by atoms with E-state index in [2.05, 4.69) is 0 Å². The number of aryl methyl sites for hydroxylation is 2. The molecule has 0 saturated heterocycles. The fourth-order valence-electron chi connectivity index (χ4n) is 3.03.